The minimum absolute atomic E-state index is 0.471. The molecule has 2 nitrogen and oxygen atoms in total. The van der Waals surface area contributed by atoms with Gasteiger partial charge in [-0.15, -0.1) is 0 Å². The molecule has 108 valence electrons. The Morgan fingerprint density at radius 2 is 1.68 bits per heavy atom. The molecule has 1 rings (SSSR count). The van der Waals surface area contributed by atoms with Crippen LogP contribution in [0.25, 0.3) is 0 Å². The summed E-state index contributed by atoms with van der Waals surface area (Å²) in [5, 5.41) is 3.36. The van der Waals surface area contributed by atoms with E-state index >= 15 is 0 Å². The van der Waals surface area contributed by atoms with E-state index in [1.54, 1.807) is 0 Å². The van der Waals surface area contributed by atoms with Crippen molar-refractivity contribution in [3.8, 4) is 0 Å². The number of rotatable bonds is 8. The summed E-state index contributed by atoms with van der Waals surface area (Å²) in [4.78, 5) is 2.47. The Morgan fingerprint density at radius 3 is 2.11 bits per heavy atom. The second kappa shape index (κ2) is 8.21. The number of hydrogen-bond donors (Lipinski definition) is 1. The molecule has 19 heavy (non-hydrogen) atoms. The van der Waals surface area contributed by atoms with Gasteiger partial charge in [-0.1, -0.05) is 39.3 Å². The van der Waals surface area contributed by atoms with Crippen LogP contribution >= 0.6 is 0 Å². The second-order valence-corrected chi connectivity index (χ2v) is 5.39. The summed E-state index contributed by atoms with van der Waals surface area (Å²) in [7, 11) is 2.03. The van der Waals surface area contributed by atoms with Gasteiger partial charge >= 0.3 is 0 Å². The summed E-state index contributed by atoms with van der Waals surface area (Å²) in [6.07, 6.45) is 2.37. The molecule has 2 heteroatoms. The molecule has 0 fully saturated rings. The highest BCUT2D eigenvalue weighted by molar-refractivity contribution is 5.48. The second-order valence-electron chi connectivity index (χ2n) is 5.39. The Labute approximate surface area is 119 Å². The predicted molar refractivity (Wildman–Crippen MR) is 85.9 cm³/mol. The van der Waals surface area contributed by atoms with Crippen molar-refractivity contribution < 1.29 is 0 Å². The van der Waals surface area contributed by atoms with E-state index in [1.165, 1.54) is 17.7 Å². The van der Waals surface area contributed by atoms with Gasteiger partial charge in [-0.25, -0.2) is 0 Å². The fourth-order valence-corrected chi connectivity index (χ4v) is 2.45. The summed E-state index contributed by atoms with van der Waals surface area (Å²) in [6.45, 7) is 11.3. The van der Waals surface area contributed by atoms with E-state index in [1.807, 2.05) is 7.05 Å². The van der Waals surface area contributed by atoms with Crippen LogP contribution in [0.5, 0.6) is 0 Å². The highest BCUT2D eigenvalue weighted by atomic mass is 15.1. The fourth-order valence-electron chi connectivity index (χ4n) is 2.45. The Balaban J connectivity index is 2.78. The maximum Gasteiger partial charge on any atom is 0.0366 e. The molecule has 0 aliphatic heterocycles. The number of benzene rings is 1. The molecule has 0 saturated heterocycles. The summed E-state index contributed by atoms with van der Waals surface area (Å²) in [5.74, 6) is 0.750. The Kier molecular flexibility index (Phi) is 6.93. The van der Waals surface area contributed by atoms with E-state index in [2.05, 4.69) is 62.2 Å². The van der Waals surface area contributed by atoms with Crippen LogP contribution in [-0.2, 0) is 0 Å². The average Bonchev–Trinajstić information content (AvgIpc) is 2.46. The topological polar surface area (TPSA) is 15.3 Å². The standard InChI is InChI=1S/C17H30N2/c1-6-14(4)13-19(8-3)16-11-9-15(10-12-16)17(7-2)18-5/h9-12,14,17-18H,6-8,13H2,1-5H3. The number of nitrogens with zero attached hydrogens (tertiary/aromatic N) is 1. The molecule has 0 aliphatic carbocycles. The summed E-state index contributed by atoms with van der Waals surface area (Å²) in [5.41, 5.74) is 2.73. The molecule has 1 aromatic carbocycles. The van der Waals surface area contributed by atoms with Crippen LogP contribution in [0.2, 0.25) is 0 Å². The van der Waals surface area contributed by atoms with Crippen molar-refractivity contribution in [3.05, 3.63) is 29.8 Å². The molecule has 1 N–H and O–H groups in total. The zero-order chi connectivity index (χ0) is 14.3. The third kappa shape index (κ3) is 4.54. The SMILES string of the molecule is CCC(C)CN(CC)c1ccc(C(CC)NC)cc1. The minimum atomic E-state index is 0.471. The van der Waals surface area contributed by atoms with Gasteiger partial charge < -0.3 is 10.2 Å². The van der Waals surface area contributed by atoms with Gasteiger partial charge in [-0.3, -0.25) is 0 Å². The van der Waals surface area contributed by atoms with Gasteiger partial charge in [0, 0.05) is 24.8 Å². The van der Waals surface area contributed by atoms with Gasteiger partial charge in [0.2, 0.25) is 0 Å². The Hall–Kier alpha value is -1.02. The molecule has 0 bridgehead atoms. The van der Waals surface area contributed by atoms with Crippen LogP contribution in [0.3, 0.4) is 0 Å². The molecule has 1 aromatic rings. The van der Waals surface area contributed by atoms with Gasteiger partial charge in [-0.05, 0) is 44.0 Å². The lowest BCUT2D eigenvalue weighted by Gasteiger charge is -2.26. The Bertz CT molecular complexity index is 341. The third-order valence-electron chi connectivity index (χ3n) is 4.03. The quantitative estimate of drug-likeness (QED) is 0.754. The molecule has 2 unspecified atom stereocenters. The van der Waals surface area contributed by atoms with Crippen LogP contribution in [0.4, 0.5) is 5.69 Å². The lowest BCUT2D eigenvalue weighted by molar-refractivity contribution is 0.547. The molecule has 0 saturated carbocycles. The number of hydrogen-bond acceptors (Lipinski definition) is 2. The van der Waals surface area contributed by atoms with Crippen LogP contribution in [0.15, 0.2) is 24.3 Å². The van der Waals surface area contributed by atoms with Crippen molar-refractivity contribution in [1.29, 1.82) is 0 Å². The normalized spacial score (nSPS) is 14.2. The average molecular weight is 262 g/mol. The monoisotopic (exact) mass is 262 g/mol. The van der Waals surface area contributed by atoms with E-state index in [-0.39, 0.29) is 0 Å². The van der Waals surface area contributed by atoms with Crippen molar-refractivity contribution in [2.75, 3.05) is 25.0 Å². The van der Waals surface area contributed by atoms with E-state index in [0.29, 0.717) is 6.04 Å². The molecule has 0 radical (unpaired) electrons. The molecule has 0 heterocycles. The highest BCUT2D eigenvalue weighted by Crippen LogP contribution is 2.22. The molecular weight excluding hydrogens is 232 g/mol. The van der Waals surface area contributed by atoms with Gasteiger partial charge in [0.25, 0.3) is 0 Å². The van der Waals surface area contributed by atoms with Crippen LogP contribution in [0.1, 0.15) is 52.1 Å². The van der Waals surface area contributed by atoms with Crippen LogP contribution in [-0.4, -0.2) is 20.1 Å². The van der Waals surface area contributed by atoms with Gasteiger partial charge in [-0.2, -0.15) is 0 Å². The molecule has 2 atom stereocenters. The zero-order valence-electron chi connectivity index (χ0n) is 13.2. The lowest BCUT2D eigenvalue weighted by atomic mass is 10.0. The first-order chi connectivity index (χ1) is 9.15. The maximum absolute atomic E-state index is 3.36. The van der Waals surface area contributed by atoms with E-state index in [0.717, 1.165) is 25.4 Å². The van der Waals surface area contributed by atoms with E-state index < -0.39 is 0 Å². The maximum atomic E-state index is 3.36. The van der Waals surface area contributed by atoms with E-state index in [4.69, 9.17) is 0 Å². The van der Waals surface area contributed by atoms with Gasteiger partial charge in [0.1, 0.15) is 0 Å². The predicted octanol–water partition coefficient (Wildman–Crippen LogP) is 4.23. The first kappa shape index (κ1) is 16.0. The largest absolute Gasteiger partial charge is 0.372 e. The summed E-state index contributed by atoms with van der Waals surface area (Å²) in [6, 6.07) is 9.53. The summed E-state index contributed by atoms with van der Waals surface area (Å²) >= 11 is 0. The fraction of sp³-hybridized carbons (Fsp3) is 0.647. The van der Waals surface area contributed by atoms with Crippen molar-refractivity contribution in [3.63, 3.8) is 0 Å². The zero-order valence-corrected chi connectivity index (χ0v) is 13.2. The smallest absolute Gasteiger partial charge is 0.0366 e. The lowest BCUT2D eigenvalue weighted by Crippen LogP contribution is -2.28. The minimum Gasteiger partial charge on any atom is -0.372 e. The van der Waals surface area contributed by atoms with Crippen molar-refractivity contribution >= 4 is 5.69 Å². The highest BCUT2D eigenvalue weighted by Gasteiger charge is 2.10. The van der Waals surface area contributed by atoms with Crippen LogP contribution < -0.4 is 10.2 Å². The van der Waals surface area contributed by atoms with Gasteiger partial charge in [0.05, 0.1) is 0 Å². The molecule has 0 aliphatic rings. The third-order valence-corrected chi connectivity index (χ3v) is 4.03. The molecule has 0 aromatic heterocycles. The molecule has 0 amide bonds. The molecule has 0 spiro atoms. The first-order valence-electron chi connectivity index (χ1n) is 7.68. The molecular formula is C17H30N2. The summed E-state index contributed by atoms with van der Waals surface area (Å²) < 4.78 is 0. The van der Waals surface area contributed by atoms with Crippen molar-refractivity contribution in [1.82, 2.24) is 5.32 Å². The first-order valence-corrected chi connectivity index (χ1v) is 7.68. The Morgan fingerprint density at radius 1 is 1.05 bits per heavy atom. The van der Waals surface area contributed by atoms with Gasteiger partial charge in [0.15, 0.2) is 0 Å². The van der Waals surface area contributed by atoms with Crippen LogP contribution in [0, 0.1) is 5.92 Å². The number of nitrogens with one attached hydrogen (secondary N) is 1. The van der Waals surface area contributed by atoms with Crippen molar-refractivity contribution in [2.24, 2.45) is 5.92 Å². The van der Waals surface area contributed by atoms with E-state index in [9.17, 15) is 0 Å². The van der Waals surface area contributed by atoms with Crippen molar-refractivity contribution in [2.45, 2.75) is 46.6 Å². The number of anilines is 1.